The number of amides is 1. The molecule has 206 valence electrons. The minimum absolute atomic E-state index is 0.0769. The number of nitrogens with one attached hydrogen (secondary N) is 1. The van der Waals surface area contributed by atoms with Crippen LogP contribution in [-0.2, 0) is 29.5 Å². The van der Waals surface area contributed by atoms with Gasteiger partial charge in [-0.15, -0.1) is 0 Å². The molecule has 1 aromatic heterocycles. The molecular formula is C30H38F3N3O2. The number of hydrogen-bond donors (Lipinski definition) is 2. The quantitative estimate of drug-likeness (QED) is 0.529. The number of benzene rings is 1. The summed E-state index contributed by atoms with van der Waals surface area (Å²) < 4.78 is 39.9. The molecule has 8 heteroatoms. The van der Waals surface area contributed by atoms with Gasteiger partial charge in [0.05, 0.1) is 16.7 Å². The molecule has 0 bridgehead atoms. The Labute approximate surface area is 222 Å². The highest BCUT2D eigenvalue weighted by Gasteiger charge is 2.50. The molecule has 2 aliphatic carbocycles. The Hall–Kier alpha value is -2.45. The van der Waals surface area contributed by atoms with Gasteiger partial charge in [0, 0.05) is 31.4 Å². The van der Waals surface area contributed by atoms with Gasteiger partial charge in [0.2, 0.25) is 5.91 Å². The summed E-state index contributed by atoms with van der Waals surface area (Å²) in [5.41, 5.74) is 0.178. The first-order valence-corrected chi connectivity index (χ1v) is 13.9. The van der Waals surface area contributed by atoms with Gasteiger partial charge in [-0.05, 0) is 92.7 Å². The van der Waals surface area contributed by atoms with Crippen molar-refractivity contribution in [3.63, 3.8) is 0 Å². The second kappa shape index (κ2) is 10.3. The largest absolute Gasteiger partial charge is 0.416 e. The lowest BCUT2D eigenvalue weighted by Gasteiger charge is -2.40. The summed E-state index contributed by atoms with van der Waals surface area (Å²) in [6, 6.07) is 10.0. The molecule has 2 saturated carbocycles. The number of aliphatic hydroxyl groups is 1. The number of rotatable bonds is 5. The maximum absolute atomic E-state index is 14.0. The van der Waals surface area contributed by atoms with E-state index in [0.717, 1.165) is 49.4 Å². The molecule has 2 heterocycles. The molecule has 0 spiro atoms. The Balaban J connectivity index is 1.23. The second-order valence-corrected chi connectivity index (χ2v) is 11.9. The van der Waals surface area contributed by atoms with Crippen LogP contribution < -0.4 is 5.32 Å². The van der Waals surface area contributed by atoms with E-state index < -0.39 is 22.8 Å². The lowest BCUT2D eigenvalue weighted by Crippen LogP contribution is -2.49. The minimum atomic E-state index is -4.39. The van der Waals surface area contributed by atoms with E-state index in [1.54, 1.807) is 17.2 Å². The number of aromatic nitrogens is 1. The normalized spacial score (nSPS) is 29.9. The number of hydrogen-bond acceptors (Lipinski definition) is 4. The van der Waals surface area contributed by atoms with E-state index in [-0.39, 0.29) is 30.5 Å². The predicted molar refractivity (Wildman–Crippen MR) is 139 cm³/mol. The molecule has 38 heavy (non-hydrogen) atoms. The third kappa shape index (κ3) is 5.22. The Morgan fingerprint density at radius 2 is 1.82 bits per heavy atom. The Kier molecular flexibility index (Phi) is 7.33. The Morgan fingerprint density at radius 1 is 1.08 bits per heavy atom. The summed E-state index contributed by atoms with van der Waals surface area (Å²) >= 11 is 0. The molecule has 5 rings (SSSR count). The second-order valence-electron chi connectivity index (χ2n) is 11.9. The standard InChI is InChI=1S/C30H38F3N3O2/c1-20(2)28(27(37)36-16-11-21-6-7-23(30(31,32)33)17-22(21)19-36)12-8-25(18-28)35-24-9-13-29(38,14-10-24)26-5-3-4-15-34-26/h3-7,15,17,20,24-25,35,38H,8-14,16,18-19H2,1-2H3/t24?,25?,28-,29?/m0/s1. The van der Waals surface area contributed by atoms with E-state index in [1.165, 1.54) is 6.07 Å². The lowest BCUT2D eigenvalue weighted by molar-refractivity contribution is -0.145. The van der Waals surface area contributed by atoms with Crippen molar-refractivity contribution < 1.29 is 23.1 Å². The highest BCUT2D eigenvalue weighted by atomic mass is 19.4. The first-order chi connectivity index (χ1) is 18.0. The van der Waals surface area contributed by atoms with Crippen LogP contribution in [0, 0.1) is 11.3 Å². The van der Waals surface area contributed by atoms with Gasteiger partial charge in [-0.1, -0.05) is 26.0 Å². The average molecular weight is 530 g/mol. The van der Waals surface area contributed by atoms with Gasteiger partial charge in [-0.3, -0.25) is 9.78 Å². The van der Waals surface area contributed by atoms with Crippen LogP contribution in [0.25, 0.3) is 0 Å². The Bertz CT molecular complexity index is 1150. The van der Waals surface area contributed by atoms with Crippen LogP contribution in [0.3, 0.4) is 0 Å². The number of halogens is 3. The third-order valence-electron chi connectivity index (χ3n) is 9.34. The maximum atomic E-state index is 14.0. The van der Waals surface area contributed by atoms with Crippen molar-refractivity contribution in [3.8, 4) is 0 Å². The van der Waals surface area contributed by atoms with E-state index in [1.807, 2.05) is 18.2 Å². The zero-order valence-electron chi connectivity index (χ0n) is 22.2. The number of carbonyl (C=O) groups excluding carboxylic acids is 1. The van der Waals surface area contributed by atoms with Crippen LogP contribution in [0.1, 0.15) is 81.2 Å². The van der Waals surface area contributed by atoms with E-state index in [2.05, 4.69) is 24.1 Å². The summed E-state index contributed by atoms with van der Waals surface area (Å²) in [6.07, 6.45) is 3.29. The molecule has 2 N–H and O–H groups in total. The van der Waals surface area contributed by atoms with E-state index in [4.69, 9.17) is 0 Å². The summed E-state index contributed by atoms with van der Waals surface area (Å²) in [5.74, 6) is 0.207. The maximum Gasteiger partial charge on any atom is 0.416 e. The molecule has 5 nitrogen and oxygen atoms in total. The van der Waals surface area contributed by atoms with E-state index >= 15 is 0 Å². The van der Waals surface area contributed by atoms with Gasteiger partial charge in [0.1, 0.15) is 5.60 Å². The first-order valence-electron chi connectivity index (χ1n) is 13.9. The molecule has 3 aliphatic rings. The molecule has 0 radical (unpaired) electrons. The predicted octanol–water partition coefficient (Wildman–Crippen LogP) is 5.60. The lowest BCUT2D eigenvalue weighted by atomic mass is 9.73. The monoisotopic (exact) mass is 529 g/mol. The molecule has 0 saturated heterocycles. The average Bonchev–Trinajstić information content (AvgIpc) is 3.34. The smallest absolute Gasteiger partial charge is 0.384 e. The molecular weight excluding hydrogens is 491 g/mol. The molecule has 2 aromatic rings. The number of nitrogens with zero attached hydrogens (tertiary/aromatic N) is 2. The van der Waals surface area contributed by atoms with Crippen molar-refractivity contribution in [2.24, 2.45) is 11.3 Å². The van der Waals surface area contributed by atoms with Gasteiger partial charge >= 0.3 is 6.18 Å². The summed E-state index contributed by atoms with van der Waals surface area (Å²) in [6.45, 7) is 4.96. The van der Waals surface area contributed by atoms with Gasteiger partial charge in [-0.25, -0.2) is 0 Å². The van der Waals surface area contributed by atoms with Crippen molar-refractivity contribution in [2.45, 2.75) is 95.6 Å². The third-order valence-corrected chi connectivity index (χ3v) is 9.34. The van der Waals surface area contributed by atoms with Gasteiger partial charge < -0.3 is 15.3 Å². The van der Waals surface area contributed by atoms with Crippen LogP contribution in [0.15, 0.2) is 42.6 Å². The number of fused-ring (bicyclic) bond motifs is 1. The van der Waals surface area contributed by atoms with E-state index in [0.29, 0.717) is 31.4 Å². The molecule has 2 atom stereocenters. The minimum Gasteiger partial charge on any atom is -0.384 e. The topological polar surface area (TPSA) is 65.5 Å². The molecule has 2 fully saturated rings. The van der Waals surface area contributed by atoms with Gasteiger partial charge in [-0.2, -0.15) is 13.2 Å². The summed E-state index contributed by atoms with van der Waals surface area (Å²) in [7, 11) is 0. The summed E-state index contributed by atoms with van der Waals surface area (Å²) in [5, 5.41) is 14.9. The SMILES string of the molecule is CC(C)[C@]1(C(=O)N2CCc3ccc(C(F)(F)F)cc3C2)CCC(NC2CCC(O)(c3ccccn3)CC2)C1. The van der Waals surface area contributed by atoms with Crippen molar-refractivity contribution in [3.05, 3.63) is 65.0 Å². The van der Waals surface area contributed by atoms with E-state index in [9.17, 15) is 23.1 Å². The molecule has 1 aromatic carbocycles. The van der Waals surface area contributed by atoms with Crippen molar-refractivity contribution >= 4 is 5.91 Å². The zero-order chi connectivity index (χ0) is 27.1. The molecule has 1 unspecified atom stereocenters. The first kappa shape index (κ1) is 27.1. The fourth-order valence-electron chi connectivity index (χ4n) is 6.89. The number of carbonyl (C=O) groups is 1. The number of pyridine rings is 1. The summed E-state index contributed by atoms with van der Waals surface area (Å²) in [4.78, 5) is 20.1. The molecule has 1 amide bonds. The number of alkyl halides is 3. The van der Waals surface area contributed by atoms with Crippen LogP contribution in [0.5, 0.6) is 0 Å². The van der Waals surface area contributed by atoms with Gasteiger partial charge in [0.15, 0.2) is 0 Å². The zero-order valence-corrected chi connectivity index (χ0v) is 22.2. The molecule has 1 aliphatic heterocycles. The van der Waals surface area contributed by atoms with Crippen LogP contribution in [-0.4, -0.2) is 39.5 Å². The van der Waals surface area contributed by atoms with Crippen LogP contribution in [0.4, 0.5) is 13.2 Å². The highest BCUT2D eigenvalue weighted by Crippen LogP contribution is 2.47. The Morgan fingerprint density at radius 3 is 2.47 bits per heavy atom. The highest BCUT2D eigenvalue weighted by molar-refractivity contribution is 5.84. The van der Waals surface area contributed by atoms with Crippen molar-refractivity contribution in [2.75, 3.05) is 6.54 Å². The van der Waals surface area contributed by atoms with Gasteiger partial charge in [0.25, 0.3) is 0 Å². The fourth-order valence-corrected chi connectivity index (χ4v) is 6.89. The van der Waals surface area contributed by atoms with Crippen molar-refractivity contribution in [1.82, 2.24) is 15.2 Å². The van der Waals surface area contributed by atoms with Crippen LogP contribution in [0.2, 0.25) is 0 Å². The van der Waals surface area contributed by atoms with Crippen LogP contribution >= 0.6 is 0 Å². The fraction of sp³-hybridized carbons (Fsp3) is 0.600. The van der Waals surface area contributed by atoms with Crippen molar-refractivity contribution in [1.29, 1.82) is 0 Å².